The number of carbonyl (C=O) groups excluding carboxylic acids is 1. The average Bonchev–Trinajstić information content (AvgIpc) is 3.17. The smallest absolute Gasteiger partial charge is 0.290 e. The van der Waals surface area contributed by atoms with Crippen molar-refractivity contribution in [2.75, 3.05) is 13.1 Å². The first kappa shape index (κ1) is 13.1. The highest BCUT2D eigenvalue weighted by Gasteiger charge is 2.25. The molecule has 1 aliphatic rings. The summed E-state index contributed by atoms with van der Waals surface area (Å²) in [7, 11) is 0. The molecular weight excluding hydrogens is 270 g/mol. The van der Waals surface area contributed by atoms with Crippen molar-refractivity contribution in [1.29, 1.82) is 5.26 Å². The van der Waals surface area contributed by atoms with Crippen molar-refractivity contribution < 1.29 is 9.32 Å². The summed E-state index contributed by atoms with van der Waals surface area (Å²) < 4.78 is 5.06. The van der Waals surface area contributed by atoms with Gasteiger partial charge < -0.3 is 14.7 Å². The molecule has 7 nitrogen and oxygen atoms in total. The van der Waals surface area contributed by atoms with E-state index < -0.39 is 0 Å². The minimum absolute atomic E-state index is 0.0412. The summed E-state index contributed by atoms with van der Waals surface area (Å²) in [6.07, 6.45) is 4.47. The topological polar surface area (TPSA) is 95.1 Å². The molecule has 2 aromatic heterocycles. The van der Waals surface area contributed by atoms with Crippen LogP contribution in [-0.4, -0.2) is 40.1 Å². The van der Waals surface area contributed by atoms with Crippen molar-refractivity contribution in [2.45, 2.75) is 12.5 Å². The summed E-state index contributed by atoms with van der Waals surface area (Å²) in [6, 6.07) is 6.96. The van der Waals surface area contributed by atoms with Gasteiger partial charge in [-0.2, -0.15) is 5.26 Å². The molecule has 1 fully saturated rings. The normalized spacial score (nSPS) is 17.5. The summed E-state index contributed by atoms with van der Waals surface area (Å²) in [4.78, 5) is 17.8. The highest BCUT2D eigenvalue weighted by atomic mass is 16.5. The lowest BCUT2D eigenvalue weighted by molar-refractivity contribution is 0.0901. The zero-order chi connectivity index (χ0) is 14.7. The van der Waals surface area contributed by atoms with Gasteiger partial charge in [-0.25, -0.2) is 0 Å². The van der Waals surface area contributed by atoms with Gasteiger partial charge in [0.15, 0.2) is 6.19 Å². The average molecular weight is 283 g/mol. The van der Waals surface area contributed by atoms with Gasteiger partial charge in [-0.05, 0) is 18.6 Å². The number of nitrogens with zero attached hydrogens (tertiary/aromatic N) is 4. The molecule has 0 unspecified atom stereocenters. The van der Waals surface area contributed by atoms with Gasteiger partial charge in [0.2, 0.25) is 5.76 Å². The standard InChI is InChI=1S/C14H13N5O2/c15-9-19-6-4-10(8-19)17-14(20)13-7-12(18-21-13)11-3-1-2-5-16-11/h1-3,5,7,10H,4,6,8H2,(H,17,20)/t10-/m1/s1. The van der Waals surface area contributed by atoms with E-state index in [-0.39, 0.29) is 17.7 Å². The Labute approximate surface area is 121 Å². The molecule has 1 saturated heterocycles. The van der Waals surface area contributed by atoms with Gasteiger partial charge in [-0.1, -0.05) is 11.2 Å². The molecule has 0 radical (unpaired) electrons. The van der Waals surface area contributed by atoms with Gasteiger partial charge in [-0.3, -0.25) is 9.78 Å². The zero-order valence-electron chi connectivity index (χ0n) is 11.2. The predicted octanol–water partition coefficient (Wildman–Crippen LogP) is 1.02. The maximum absolute atomic E-state index is 12.1. The Bertz CT molecular complexity index is 676. The van der Waals surface area contributed by atoms with Crippen LogP contribution < -0.4 is 5.32 Å². The van der Waals surface area contributed by atoms with Crippen LogP contribution in [0.3, 0.4) is 0 Å². The van der Waals surface area contributed by atoms with Crippen molar-refractivity contribution in [3.8, 4) is 17.6 Å². The number of hydrogen-bond donors (Lipinski definition) is 1. The monoisotopic (exact) mass is 283 g/mol. The largest absolute Gasteiger partial charge is 0.350 e. The summed E-state index contributed by atoms with van der Waals surface area (Å²) in [5, 5.41) is 15.5. The van der Waals surface area contributed by atoms with E-state index in [0.29, 0.717) is 24.5 Å². The predicted molar refractivity (Wildman–Crippen MR) is 72.8 cm³/mol. The van der Waals surface area contributed by atoms with Crippen LogP contribution in [-0.2, 0) is 0 Å². The van der Waals surface area contributed by atoms with E-state index in [0.717, 1.165) is 6.42 Å². The molecule has 21 heavy (non-hydrogen) atoms. The number of aromatic nitrogens is 2. The summed E-state index contributed by atoms with van der Waals surface area (Å²) in [5.74, 6) is -0.180. The number of nitriles is 1. The number of nitrogens with one attached hydrogen (secondary N) is 1. The van der Waals surface area contributed by atoms with Gasteiger partial charge in [0, 0.05) is 31.4 Å². The van der Waals surface area contributed by atoms with E-state index in [1.807, 2.05) is 6.07 Å². The summed E-state index contributed by atoms with van der Waals surface area (Å²) in [6.45, 7) is 1.19. The van der Waals surface area contributed by atoms with E-state index in [1.54, 1.807) is 29.3 Å². The lowest BCUT2D eigenvalue weighted by Gasteiger charge is -2.10. The van der Waals surface area contributed by atoms with Gasteiger partial charge in [-0.15, -0.1) is 0 Å². The molecule has 3 rings (SSSR count). The molecule has 106 valence electrons. The highest BCUT2D eigenvalue weighted by Crippen LogP contribution is 2.16. The molecule has 7 heteroatoms. The molecule has 0 aromatic carbocycles. The van der Waals surface area contributed by atoms with Crippen LogP contribution in [0, 0.1) is 11.5 Å². The Morgan fingerprint density at radius 1 is 1.48 bits per heavy atom. The van der Waals surface area contributed by atoms with Crippen LogP contribution in [0.25, 0.3) is 11.4 Å². The molecule has 0 bridgehead atoms. The maximum atomic E-state index is 12.1. The Balaban J connectivity index is 1.67. The van der Waals surface area contributed by atoms with E-state index in [4.69, 9.17) is 9.78 Å². The first-order valence-electron chi connectivity index (χ1n) is 6.60. The number of likely N-dealkylation sites (tertiary alicyclic amines) is 1. The minimum atomic E-state index is -0.325. The lowest BCUT2D eigenvalue weighted by Crippen LogP contribution is -2.36. The number of carbonyl (C=O) groups is 1. The van der Waals surface area contributed by atoms with Crippen LogP contribution in [0.4, 0.5) is 0 Å². The van der Waals surface area contributed by atoms with E-state index in [1.165, 1.54) is 0 Å². The second kappa shape index (κ2) is 5.63. The third-order valence-electron chi connectivity index (χ3n) is 3.33. The van der Waals surface area contributed by atoms with Crippen molar-refractivity contribution in [2.24, 2.45) is 0 Å². The van der Waals surface area contributed by atoms with Crippen molar-refractivity contribution >= 4 is 5.91 Å². The highest BCUT2D eigenvalue weighted by molar-refractivity contribution is 5.92. The fourth-order valence-corrected chi connectivity index (χ4v) is 2.24. The summed E-state index contributed by atoms with van der Waals surface area (Å²) in [5.41, 5.74) is 1.17. The Kier molecular flexibility index (Phi) is 3.51. The van der Waals surface area contributed by atoms with E-state index in [2.05, 4.69) is 21.7 Å². The molecule has 2 aromatic rings. The minimum Gasteiger partial charge on any atom is -0.350 e. The van der Waals surface area contributed by atoms with E-state index in [9.17, 15) is 4.79 Å². The second-order valence-electron chi connectivity index (χ2n) is 4.80. The summed E-state index contributed by atoms with van der Waals surface area (Å²) >= 11 is 0. The Morgan fingerprint density at radius 2 is 2.38 bits per heavy atom. The third kappa shape index (κ3) is 2.84. The quantitative estimate of drug-likeness (QED) is 0.845. The Hall–Kier alpha value is -2.88. The molecule has 3 heterocycles. The van der Waals surface area contributed by atoms with Crippen LogP contribution >= 0.6 is 0 Å². The van der Waals surface area contributed by atoms with Crippen LogP contribution in [0.2, 0.25) is 0 Å². The lowest BCUT2D eigenvalue weighted by atomic mass is 10.2. The molecule has 1 aliphatic heterocycles. The molecule has 1 N–H and O–H groups in total. The van der Waals surface area contributed by atoms with Gasteiger partial charge in [0.25, 0.3) is 5.91 Å². The second-order valence-corrected chi connectivity index (χ2v) is 4.80. The number of rotatable bonds is 3. The molecule has 0 saturated carbocycles. The zero-order valence-corrected chi connectivity index (χ0v) is 11.2. The molecule has 0 aliphatic carbocycles. The van der Waals surface area contributed by atoms with Gasteiger partial charge in [0.1, 0.15) is 5.69 Å². The fourth-order valence-electron chi connectivity index (χ4n) is 2.24. The molecular formula is C14H13N5O2. The number of hydrogen-bond acceptors (Lipinski definition) is 6. The molecule has 1 atom stereocenters. The first-order chi connectivity index (χ1) is 10.3. The molecule has 1 amide bonds. The van der Waals surface area contributed by atoms with Crippen LogP contribution in [0.15, 0.2) is 35.0 Å². The number of pyridine rings is 1. The van der Waals surface area contributed by atoms with Crippen molar-refractivity contribution in [3.63, 3.8) is 0 Å². The van der Waals surface area contributed by atoms with Gasteiger partial charge >= 0.3 is 0 Å². The first-order valence-corrected chi connectivity index (χ1v) is 6.60. The number of amides is 1. The third-order valence-corrected chi connectivity index (χ3v) is 3.33. The fraction of sp³-hybridized carbons (Fsp3) is 0.286. The van der Waals surface area contributed by atoms with Crippen molar-refractivity contribution in [3.05, 3.63) is 36.2 Å². The van der Waals surface area contributed by atoms with Gasteiger partial charge in [0.05, 0.1) is 5.69 Å². The Morgan fingerprint density at radius 3 is 3.10 bits per heavy atom. The van der Waals surface area contributed by atoms with Crippen molar-refractivity contribution in [1.82, 2.24) is 20.4 Å². The van der Waals surface area contributed by atoms with Crippen LogP contribution in [0.5, 0.6) is 0 Å². The van der Waals surface area contributed by atoms with E-state index >= 15 is 0 Å². The molecule has 0 spiro atoms. The van der Waals surface area contributed by atoms with Crippen LogP contribution in [0.1, 0.15) is 17.0 Å². The maximum Gasteiger partial charge on any atom is 0.290 e. The SMILES string of the molecule is N#CN1CC[C@@H](NC(=O)c2cc(-c3ccccn3)no2)C1.